The summed E-state index contributed by atoms with van der Waals surface area (Å²) in [6, 6.07) is 13.4. The van der Waals surface area contributed by atoms with E-state index in [1.807, 2.05) is 64.1 Å². The second-order valence-electron chi connectivity index (χ2n) is 6.70. The smallest absolute Gasteiger partial charge is 0.266 e. The number of fused-ring (bicyclic) bond motifs is 1. The van der Waals surface area contributed by atoms with E-state index in [0.717, 1.165) is 16.8 Å². The van der Waals surface area contributed by atoms with E-state index in [1.165, 1.54) is 11.8 Å². The van der Waals surface area contributed by atoms with E-state index in [9.17, 15) is 9.59 Å². The van der Waals surface area contributed by atoms with Crippen LogP contribution >= 0.6 is 11.8 Å². The highest BCUT2D eigenvalue weighted by atomic mass is 32.2. The maximum absolute atomic E-state index is 13.3. The van der Waals surface area contributed by atoms with Crippen molar-refractivity contribution in [2.24, 2.45) is 0 Å². The molecule has 28 heavy (non-hydrogen) atoms. The van der Waals surface area contributed by atoms with Gasteiger partial charge in [-0.2, -0.15) is 0 Å². The lowest BCUT2D eigenvalue weighted by molar-refractivity contribution is -0.127. The molecule has 0 spiro atoms. The Labute approximate surface area is 169 Å². The van der Waals surface area contributed by atoms with Crippen LogP contribution in [-0.4, -0.2) is 39.2 Å². The number of aromatic nitrogens is 2. The van der Waals surface area contributed by atoms with Crippen molar-refractivity contribution in [1.82, 2.24) is 14.5 Å². The van der Waals surface area contributed by atoms with Crippen LogP contribution in [0.1, 0.15) is 25.0 Å². The molecule has 6 heteroatoms. The summed E-state index contributed by atoms with van der Waals surface area (Å²) in [6.45, 7) is 9.25. The van der Waals surface area contributed by atoms with Crippen LogP contribution in [0.25, 0.3) is 16.6 Å². The topological polar surface area (TPSA) is 55.2 Å². The average molecular weight is 396 g/mol. The standard InChI is InChI=1S/C22H25N3O2S/c1-5-24(6-2)20(26)14-28-22-23-18-10-8-7-9-17(18)21(27)25(22)19-13-15(3)11-12-16(19)4/h7-13H,5-6,14H2,1-4H3. The highest BCUT2D eigenvalue weighted by Gasteiger charge is 2.17. The minimum absolute atomic E-state index is 0.0462. The molecule has 0 saturated carbocycles. The van der Waals surface area contributed by atoms with Crippen molar-refractivity contribution in [3.8, 4) is 5.69 Å². The predicted molar refractivity (Wildman–Crippen MR) is 115 cm³/mol. The maximum atomic E-state index is 13.3. The van der Waals surface area contributed by atoms with Gasteiger partial charge in [-0.1, -0.05) is 36.0 Å². The molecule has 1 heterocycles. The van der Waals surface area contributed by atoms with Crippen LogP contribution < -0.4 is 5.56 Å². The van der Waals surface area contributed by atoms with Crippen molar-refractivity contribution in [1.29, 1.82) is 0 Å². The predicted octanol–water partition coefficient (Wildman–Crippen LogP) is 3.96. The fourth-order valence-electron chi connectivity index (χ4n) is 3.18. The van der Waals surface area contributed by atoms with Gasteiger partial charge in [0.2, 0.25) is 5.91 Å². The van der Waals surface area contributed by atoms with Gasteiger partial charge in [0, 0.05) is 13.1 Å². The largest absolute Gasteiger partial charge is 0.343 e. The van der Waals surface area contributed by atoms with Crippen LogP contribution in [0.15, 0.2) is 52.4 Å². The van der Waals surface area contributed by atoms with Crippen molar-refractivity contribution in [3.05, 3.63) is 63.9 Å². The van der Waals surface area contributed by atoms with Gasteiger partial charge >= 0.3 is 0 Å². The minimum Gasteiger partial charge on any atom is -0.343 e. The third-order valence-electron chi connectivity index (χ3n) is 4.79. The van der Waals surface area contributed by atoms with Crippen molar-refractivity contribution in [3.63, 3.8) is 0 Å². The number of hydrogen-bond acceptors (Lipinski definition) is 4. The van der Waals surface area contributed by atoms with Gasteiger partial charge in [-0.3, -0.25) is 14.2 Å². The Balaban J connectivity index is 2.14. The maximum Gasteiger partial charge on any atom is 0.266 e. The van der Waals surface area contributed by atoms with E-state index < -0.39 is 0 Å². The third kappa shape index (κ3) is 3.97. The minimum atomic E-state index is -0.114. The summed E-state index contributed by atoms with van der Waals surface area (Å²) in [5.41, 5.74) is 3.39. The summed E-state index contributed by atoms with van der Waals surface area (Å²) in [6.07, 6.45) is 0. The molecule has 0 aliphatic heterocycles. The number of carbonyl (C=O) groups is 1. The van der Waals surface area contributed by atoms with Crippen molar-refractivity contribution in [2.75, 3.05) is 18.8 Å². The van der Waals surface area contributed by atoms with Gasteiger partial charge in [-0.05, 0) is 57.0 Å². The second kappa shape index (κ2) is 8.61. The molecule has 0 radical (unpaired) electrons. The summed E-state index contributed by atoms with van der Waals surface area (Å²) < 4.78 is 1.64. The molecule has 0 saturated heterocycles. The number of thioether (sulfide) groups is 1. The van der Waals surface area contributed by atoms with Gasteiger partial charge in [0.25, 0.3) is 5.56 Å². The third-order valence-corrected chi connectivity index (χ3v) is 5.71. The van der Waals surface area contributed by atoms with E-state index in [4.69, 9.17) is 4.98 Å². The molecular weight excluding hydrogens is 370 g/mol. The first kappa shape index (κ1) is 20.1. The normalized spacial score (nSPS) is 11.0. The van der Waals surface area contributed by atoms with E-state index in [1.54, 1.807) is 15.5 Å². The van der Waals surface area contributed by atoms with Gasteiger partial charge in [-0.25, -0.2) is 4.98 Å². The number of aryl methyl sites for hydroxylation is 2. The lowest BCUT2D eigenvalue weighted by Gasteiger charge is -2.19. The van der Waals surface area contributed by atoms with Crippen LogP contribution in [-0.2, 0) is 4.79 Å². The molecule has 0 aliphatic rings. The lowest BCUT2D eigenvalue weighted by Crippen LogP contribution is -2.32. The van der Waals surface area contributed by atoms with E-state index >= 15 is 0 Å². The summed E-state index contributed by atoms with van der Waals surface area (Å²) in [7, 11) is 0. The summed E-state index contributed by atoms with van der Waals surface area (Å²) in [5.74, 6) is 0.294. The van der Waals surface area contributed by atoms with Gasteiger partial charge in [0.15, 0.2) is 5.16 Å². The number of rotatable bonds is 6. The molecule has 2 aromatic carbocycles. The number of carbonyl (C=O) groups excluding carboxylic acids is 1. The monoisotopic (exact) mass is 395 g/mol. The fraction of sp³-hybridized carbons (Fsp3) is 0.318. The molecule has 1 aromatic heterocycles. The lowest BCUT2D eigenvalue weighted by atomic mass is 10.1. The first-order valence-corrected chi connectivity index (χ1v) is 10.4. The Bertz CT molecular complexity index is 1070. The van der Waals surface area contributed by atoms with Crippen molar-refractivity contribution in [2.45, 2.75) is 32.9 Å². The molecule has 1 amide bonds. The van der Waals surface area contributed by atoms with E-state index in [2.05, 4.69) is 0 Å². The Kier molecular flexibility index (Phi) is 6.19. The molecule has 0 aliphatic carbocycles. The zero-order valence-corrected chi connectivity index (χ0v) is 17.5. The van der Waals surface area contributed by atoms with Crippen LogP contribution in [0.4, 0.5) is 0 Å². The molecule has 3 aromatic rings. The van der Waals surface area contributed by atoms with Gasteiger partial charge in [0.05, 0.1) is 22.3 Å². The van der Waals surface area contributed by atoms with Crippen molar-refractivity contribution < 1.29 is 4.79 Å². The highest BCUT2D eigenvalue weighted by Crippen LogP contribution is 2.24. The number of benzene rings is 2. The molecule has 3 rings (SSSR count). The van der Waals surface area contributed by atoms with Crippen LogP contribution in [0.3, 0.4) is 0 Å². The summed E-state index contributed by atoms with van der Waals surface area (Å²) in [4.78, 5) is 32.3. The number of nitrogens with zero attached hydrogens (tertiary/aromatic N) is 3. The quantitative estimate of drug-likeness (QED) is 0.468. The van der Waals surface area contributed by atoms with E-state index in [-0.39, 0.29) is 17.2 Å². The zero-order chi connectivity index (χ0) is 20.3. The van der Waals surface area contributed by atoms with E-state index in [0.29, 0.717) is 29.1 Å². The molecule has 0 fully saturated rings. The Hall–Kier alpha value is -2.60. The molecule has 0 unspecified atom stereocenters. The van der Waals surface area contributed by atoms with Crippen LogP contribution in [0.5, 0.6) is 0 Å². The molecular formula is C22H25N3O2S. The van der Waals surface area contributed by atoms with Gasteiger partial charge < -0.3 is 4.90 Å². The summed E-state index contributed by atoms with van der Waals surface area (Å²) >= 11 is 1.31. The van der Waals surface area contributed by atoms with Crippen LogP contribution in [0, 0.1) is 13.8 Å². The summed E-state index contributed by atoms with van der Waals surface area (Å²) in [5, 5.41) is 1.11. The Morgan fingerprint density at radius 2 is 1.82 bits per heavy atom. The Morgan fingerprint density at radius 3 is 2.54 bits per heavy atom. The van der Waals surface area contributed by atoms with Crippen LogP contribution in [0.2, 0.25) is 0 Å². The first-order chi connectivity index (χ1) is 13.5. The average Bonchev–Trinajstić information content (AvgIpc) is 2.69. The molecule has 0 atom stereocenters. The zero-order valence-electron chi connectivity index (χ0n) is 16.7. The molecule has 146 valence electrons. The van der Waals surface area contributed by atoms with Crippen molar-refractivity contribution >= 4 is 28.6 Å². The molecule has 0 bridgehead atoms. The number of hydrogen-bond donors (Lipinski definition) is 0. The first-order valence-electron chi connectivity index (χ1n) is 9.46. The number of para-hydroxylation sites is 1. The Morgan fingerprint density at radius 1 is 1.11 bits per heavy atom. The molecule has 5 nitrogen and oxygen atoms in total. The second-order valence-corrected chi connectivity index (χ2v) is 7.64. The van der Waals surface area contributed by atoms with Gasteiger partial charge in [-0.15, -0.1) is 0 Å². The molecule has 0 N–H and O–H groups in total. The highest BCUT2D eigenvalue weighted by molar-refractivity contribution is 7.99. The fourth-order valence-corrected chi connectivity index (χ4v) is 4.08. The SMILES string of the molecule is CCN(CC)C(=O)CSc1nc2ccccc2c(=O)n1-c1cc(C)ccc1C. The van der Waals surface area contributed by atoms with Gasteiger partial charge in [0.1, 0.15) is 0 Å². The number of amides is 1.